The van der Waals surface area contributed by atoms with E-state index in [2.05, 4.69) is 27.9 Å². The van der Waals surface area contributed by atoms with Crippen LogP contribution in [0.1, 0.15) is 6.92 Å². The Kier molecular flexibility index (Phi) is 6.37. The van der Waals surface area contributed by atoms with Crippen LogP contribution in [0.15, 0.2) is 24.3 Å². The molecule has 1 aromatic carbocycles. The van der Waals surface area contributed by atoms with Gasteiger partial charge in [0, 0.05) is 10.1 Å². The maximum atomic E-state index is 11.2. The molecule has 5 nitrogen and oxygen atoms in total. The highest BCUT2D eigenvalue weighted by Crippen LogP contribution is 2.13. The molecule has 4 N–H and O–H groups in total. The van der Waals surface area contributed by atoms with Gasteiger partial charge in [0.05, 0.1) is 6.04 Å². The molecule has 0 spiro atoms. The lowest BCUT2D eigenvalue weighted by Gasteiger charge is -2.14. The Hall–Kier alpha value is -0.860. The largest absolute Gasteiger partial charge is 0.491 e. The minimum Gasteiger partial charge on any atom is -0.491 e. The Labute approximate surface area is 120 Å². The van der Waals surface area contributed by atoms with Gasteiger partial charge in [-0.2, -0.15) is 0 Å². The molecule has 1 rings (SSSR count). The number of ether oxygens (including phenoxy) is 1. The summed E-state index contributed by atoms with van der Waals surface area (Å²) < 4.78 is 6.50. The molecule has 0 saturated heterocycles. The van der Waals surface area contributed by atoms with E-state index in [1.165, 1.54) is 0 Å². The third-order valence-corrected chi connectivity index (χ3v) is 2.90. The van der Waals surface area contributed by atoms with Crippen molar-refractivity contribution in [2.75, 3.05) is 13.2 Å². The van der Waals surface area contributed by atoms with Gasteiger partial charge in [0.2, 0.25) is 5.91 Å². The Balaban J connectivity index is 2.26. The summed E-state index contributed by atoms with van der Waals surface area (Å²) in [7, 11) is 0. The average Bonchev–Trinajstić information content (AvgIpc) is 2.35. The fourth-order valence-electron chi connectivity index (χ4n) is 1.16. The molecule has 18 heavy (non-hydrogen) atoms. The van der Waals surface area contributed by atoms with E-state index in [1.54, 1.807) is 6.92 Å². The quantitative estimate of drug-likeness (QED) is 0.642. The third-order valence-electron chi connectivity index (χ3n) is 2.18. The van der Waals surface area contributed by atoms with Crippen molar-refractivity contribution < 1.29 is 14.6 Å². The number of rotatable bonds is 6. The van der Waals surface area contributed by atoms with Crippen LogP contribution in [0.25, 0.3) is 0 Å². The molecular formula is C12H17IN2O3. The van der Waals surface area contributed by atoms with Gasteiger partial charge in [-0.15, -0.1) is 0 Å². The SMILES string of the molecule is C[C@H](N)C(=O)NCC(O)COc1ccc(I)cc1. The molecule has 0 aliphatic carbocycles. The molecule has 0 heterocycles. The van der Waals surface area contributed by atoms with Crippen LogP contribution in [0, 0.1) is 3.57 Å². The minimum atomic E-state index is -0.757. The van der Waals surface area contributed by atoms with Crippen molar-refractivity contribution in [1.29, 1.82) is 0 Å². The van der Waals surface area contributed by atoms with Gasteiger partial charge in [0.25, 0.3) is 0 Å². The lowest BCUT2D eigenvalue weighted by molar-refractivity contribution is -0.122. The number of aliphatic hydroxyl groups is 1. The van der Waals surface area contributed by atoms with Crippen molar-refractivity contribution in [2.24, 2.45) is 5.73 Å². The smallest absolute Gasteiger partial charge is 0.236 e. The standard InChI is InChI=1S/C12H17IN2O3/c1-8(14)12(17)15-6-10(16)7-18-11-4-2-9(13)3-5-11/h2-5,8,10,16H,6-7,14H2,1H3,(H,15,17)/t8-,10?/m0/s1. The highest BCUT2D eigenvalue weighted by Gasteiger charge is 2.10. The van der Waals surface area contributed by atoms with Gasteiger partial charge < -0.3 is 20.9 Å². The molecule has 0 saturated carbocycles. The molecule has 0 bridgehead atoms. The molecule has 0 fully saturated rings. The van der Waals surface area contributed by atoms with Crippen molar-refractivity contribution >= 4 is 28.5 Å². The predicted molar refractivity (Wildman–Crippen MR) is 77.3 cm³/mol. The minimum absolute atomic E-state index is 0.125. The van der Waals surface area contributed by atoms with E-state index in [0.717, 1.165) is 3.57 Å². The number of hydrogen-bond acceptors (Lipinski definition) is 4. The first kappa shape index (κ1) is 15.2. The molecule has 1 amide bonds. The van der Waals surface area contributed by atoms with Crippen molar-refractivity contribution in [2.45, 2.75) is 19.1 Å². The lowest BCUT2D eigenvalue weighted by atomic mass is 10.3. The number of benzene rings is 1. The number of carbonyl (C=O) groups excluding carboxylic acids is 1. The summed E-state index contributed by atoms with van der Waals surface area (Å²) in [6.45, 7) is 1.84. The van der Waals surface area contributed by atoms with Gasteiger partial charge in [-0.3, -0.25) is 4.79 Å². The van der Waals surface area contributed by atoms with Gasteiger partial charge in [-0.1, -0.05) is 0 Å². The fourth-order valence-corrected chi connectivity index (χ4v) is 1.52. The van der Waals surface area contributed by atoms with Gasteiger partial charge in [-0.05, 0) is 53.8 Å². The van der Waals surface area contributed by atoms with Crippen molar-refractivity contribution in [3.63, 3.8) is 0 Å². The van der Waals surface area contributed by atoms with Crippen LogP contribution >= 0.6 is 22.6 Å². The first-order valence-corrected chi connectivity index (χ1v) is 6.66. The number of nitrogens with two attached hydrogens (primary N) is 1. The Morgan fingerprint density at radius 1 is 1.50 bits per heavy atom. The van der Waals surface area contributed by atoms with E-state index in [1.807, 2.05) is 24.3 Å². The first-order valence-electron chi connectivity index (χ1n) is 5.58. The molecule has 100 valence electrons. The maximum Gasteiger partial charge on any atom is 0.236 e. The Morgan fingerprint density at radius 3 is 2.67 bits per heavy atom. The van der Waals surface area contributed by atoms with Crippen LogP contribution in [0.3, 0.4) is 0 Å². The lowest BCUT2D eigenvalue weighted by Crippen LogP contribution is -2.42. The second-order valence-corrected chi connectivity index (χ2v) is 5.20. The molecule has 6 heteroatoms. The monoisotopic (exact) mass is 364 g/mol. The molecule has 2 atom stereocenters. The summed E-state index contributed by atoms with van der Waals surface area (Å²) in [6, 6.07) is 6.92. The van der Waals surface area contributed by atoms with Crippen molar-refractivity contribution in [3.05, 3.63) is 27.8 Å². The zero-order valence-electron chi connectivity index (χ0n) is 10.1. The summed E-state index contributed by atoms with van der Waals surface area (Å²) in [6.07, 6.45) is -0.757. The summed E-state index contributed by atoms with van der Waals surface area (Å²) in [5.41, 5.74) is 5.38. The van der Waals surface area contributed by atoms with Gasteiger partial charge in [0.15, 0.2) is 0 Å². The summed E-state index contributed by atoms with van der Waals surface area (Å²) in [4.78, 5) is 11.2. The van der Waals surface area contributed by atoms with Crippen molar-refractivity contribution in [1.82, 2.24) is 5.32 Å². The molecule has 1 aromatic rings. The van der Waals surface area contributed by atoms with Crippen LogP contribution in [-0.2, 0) is 4.79 Å². The number of halogens is 1. The summed E-state index contributed by atoms with van der Waals surface area (Å²) in [5, 5.41) is 12.1. The summed E-state index contributed by atoms with van der Waals surface area (Å²) in [5.74, 6) is 0.399. The molecule has 0 radical (unpaired) electrons. The highest BCUT2D eigenvalue weighted by atomic mass is 127. The molecule has 1 unspecified atom stereocenters. The number of nitrogens with one attached hydrogen (secondary N) is 1. The zero-order chi connectivity index (χ0) is 13.5. The Morgan fingerprint density at radius 2 is 2.11 bits per heavy atom. The van der Waals surface area contributed by atoms with Crippen LogP contribution in [0.5, 0.6) is 5.75 Å². The second-order valence-electron chi connectivity index (χ2n) is 3.95. The maximum absolute atomic E-state index is 11.2. The van der Waals surface area contributed by atoms with E-state index in [4.69, 9.17) is 10.5 Å². The van der Waals surface area contributed by atoms with Gasteiger partial charge in [-0.25, -0.2) is 0 Å². The molecule has 0 aliphatic heterocycles. The van der Waals surface area contributed by atoms with Crippen LogP contribution in [0.2, 0.25) is 0 Å². The van der Waals surface area contributed by atoms with Crippen LogP contribution in [0.4, 0.5) is 0 Å². The number of carbonyl (C=O) groups is 1. The first-order chi connectivity index (χ1) is 8.49. The highest BCUT2D eigenvalue weighted by molar-refractivity contribution is 14.1. The number of aliphatic hydroxyl groups excluding tert-OH is 1. The summed E-state index contributed by atoms with van der Waals surface area (Å²) >= 11 is 2.20. The number of amides is 1. The fraction of sp³-hybridized carbons (Fsp3) is 0.417. The van der Waals surface area contributed by atoms with E-state index in [-0.39, 0.29) is 19.1 Å². The van der Waals surface area contributed by atoms with Gasteiger partial charge in [0.1, 0.15) is 18.5 Å². The van der Waals surface area contributed by atoms with E-state index in [0.29, 0.717) is 5.75 Å². The normalized spacial score (nSPS) is 13.8. The van der Waals surface area contributed by atoms with E-state index >= 15 is 0 Å². The second kappa shape index (κ2) is 7.55. The van der Waals surface area contributed by atoms with Crippen molar-refractivity contribution in [3.8, 4) is 5.75 Å². The Bertz CT molecular complexity index is 381. The molecule has 0 aromatic heterocycles. The van der Waals surface area contributed by atoms with E-state index < -0.39 is 12.1 Å². The molecule has 0 aliphatic rings. The average molecular weight is 364 g/mol. The predicted octanol–water partition coefficient (Wildman–Crippen LogP) is 0.494. The van der Waals surface area contributed by atoms with Crippen LogP contribution < -0.4 is 15.8 Å². The van der Waals surface area contributed by atoms with Gasteiger partial charge >= 0.3 is 0 Å². The molecular weight excluding hydrogens is 347 g/mol. The topological polar surface area (TPSA) is 84.6 Å². The van der Waals surface area contributed by atoms with Crippen LogP contribution in [-0.4, -0.2) is 36.3 Å². The zero-order valence-corrected chi connectivity index (χ0v) is 12.3. The van der Waals surface area contributed by atoms with E-state index in [9.17, 15) is 9.90 Å². The third kappa shape index (κ3) is 5.65. The number of hydrogen-bond donors (Lipinski definition) is 3.